The van der Waals surface area contributed by atoms with Gasteiger partial charge < -0.3 is 9.88 Å². The second kappa shape index (κ2) is 6.04. The number of anilines is 1. The monoisotopic (exact) mass is 341 g/mol. The molecule has 8 nitrogen and oxygen atoms in total. The smallest absolute Gasteiger partial charge is 0.324 e. The van der Waals surface area contributed by atoms with Crippen molar-refractivity contribution in [3.8, 4) is 0 Å². The fourth-order valence-electron chi connectivity index (χ4n) is 2.75. The van der Waals surface area contributed by atoms with E-state index in [2.05, 4.69) is 10.3 Å². The molecule has 130 valence electrons. The van der Waals surface area contributed by atoms with Gasteiger partial charge in [-0.05, 0) is 31.5 Å². The van der Waals surface area contributed by atoms with Gasteiger partial charge in [0.2, 0.25) is 5.91 Å². The van der Waals surface area contributed by atoms with Gasteiger partial charge in [0.1, 0.15) is 6.04 Å². The quantitative estimate of drug-likeness (QED) is 0.768. The van der Waals surface area contributed by atoms with E-state index in [1.54, 1.807) is 20.0 Å². The molecule has 1 atom stereocenters. The molecule has 2 heterocycles. The number of aryl methyl sites for hydroxylation is 2. The van der Waals surface area contributed by atoms with Crippen molar-refractivity contribution in [3.05, 3.63) is 57.0 Å². The Kier molecular flexibility index (Phi) is 4.03. The summed E-state index contributed by atoms with van der Waals surface area (Å²) >= 11 is 0. The van der Waals surface area contributed by atoms with Crippen molar-refractivity contribution >= 4 is 22.8 Å². The van der Waals surface area contributed by atoms with Crippen LogP contribution >= 0.6 is 0 Å². The molecule has 0 aliphatic heterocycles. The van der Waals surface area contributed by atoms with Crippen molar-refractivity contribution in [3.63, 3.8) is 0 Å². The van der Waals surface area contributed by atoms with Crippen LogP contribution in [0.1, 0.15) is 18.5 Å². The SMILES string of the molecule is Cc1cccc(NC(=O)[C@@H](C)n2cnc3c2c(=O)n(C)c(=O)n3C)c1. The number of carbonyl (C=O) groups excluding carboxylic acids is 1. The lowest BCUT2D eigenvalue weighted by Gasteiger charge is -2.15. The lowest BCUT2D eigenvalue weighted by Crippen LogP contribution is -2.38. The minimum absolute atomic E-state index is 0.219. The summed E-state index contributed by atoms with van der Waals surface area (Å²) in [5.74, 6) is -0.277. The van der Waals surface area contributed by atoms with Crippen molar-refractivity contribution in [2.24, 2.45) is 14.1 Å². The zero-order valence-corrected chi connectivity index (χ0v) is 14.5. The number of nitrogens with zero attached hydrogens (tertiary/aromatic N) is 4. The summed E-state index contributed by atoms with van der Waals surface area (Å²) in [6.45, 7) is 3.61. The Morgan fingerprint density at radius 3 is 2.60 bits per heavy atom. The van der Waals surface area contributed by atoms with Crippen LogP contribution in [0.5, 0.6) is 0 Å². The zero-order chi connectivity index (χ0) is 18.3. The molecule has 0 fully saturated rings. The normalized spacial score (nSPS) is 12.3. The number of fused-ring (bicyclic) bond motifs is 1. The highest BCUT2D eigenvalue weighted by atomic mass is 16.2. The summed E-state index contributed by atoms with van der Waals surface area (Å²) < 4.78 is 3.78. The Hall–Kier alpha value is -3.16. The Bertz CT molecular complexity index is 1090. The van der Waals surface area contributed by atoms with E-state index in [1.165, 1.54) is 22.5 Å². The van der Waals surface area contributed by atoms with Gasteiger partial charge in [-0.1, -0.05) is 12.1 Å². The molecule has 1 amide bonds. The molecule has 8 heteroatoms. The molecule has 3 rings (SSSR count). The van der Waals surface area contributed by atoms with Crippen LogP contribution in [-0.4, -0.2) is 24.6 Å². The minimum atomic E-state index is -0.671. The van der Waals surface area contributed by atoms with E-state index in [0.717, 1.165) is 10.1 Å². The number of imidazole rings is 1. The lowest BCUT2D eigenvalue weighted by atomic mass is 10.2. The van der Waals surface area contributed by atoms with E-state index >= 15 is 0 Å². The lowest BCUT2D eigenvalue weighted by molar-refractivity contribution is -0.118. The second-order valence-electron chi connectivity index (χ2n) is 6.06. The van der Waals surface area contributed by atoms with Gasteiger partial charge in [0, 0.05) is 19.8 Å². The van der Waals surface area contributed by atoms with Crippen LogP contribution in [-0.2, 0) is 18.9 Å². The topological polar surface area (TPSA) is 90.9 Å². The molecule has 0 aliphatic carbocycles. The van der Waals surface area contributed by atoms with Gasteiger partial charge in [-0.15, -0.1) is 0 Å². The first-order valence-corrected chi connectivity index (χ1v) is 7.81. The van der Waals surface area contributed by atoms with Crippen LogP contribution < -0.4 is 16.6 Å². The first-order valence-electron chi connectivity index (χ1n) is 7.81. The average Bonchev–Trinajstić information content (AvgIpc) is 3.02. The number of carbonyl (C=O) groups is 1. The number of nitrogens with one attached hydrogen (secondary N) is 1. The maximum Gasteiger partial charge on any atom is 0.332 e. The van der Waals surface area contributed by atoms with Gasteiger partial charge in [-0.2, -0.15) is 0 Å². The highest BCUT2D eigenvalue weighted by Gasteiger charge is 2.21. The molecule has 0 unspecified atom stereocenters. The van der Waals surface area contributed by atoms with Crippen LogP contribution in [0.2, 0.25) is 0 Å². The van der Waals surface area contributed by atoms with Gasteiger partial charge >= 0.3 is 5.69 Å². The summed E-state index contributed by atoms with van der Waals surface area (Å²) in [6, 6.07) is 6.78. The van der Waals surface area contributed by atoms with Crippen LogP contribution in [0.25, 0.3) is 11.2 Å². The van der Waals surface area contributed by atoms with Crippen LogP contribution in [0.4, 0.5) is 5.69 Å². The van der Waals surface area contributed by atoms with E-state index < -0.39 is 17.3 Å². The minimum Gasteiger partial charge on any atom is -0.324 e. The summed E-state index contributed by atoms with van der Waals surface area (Å²) in [5, 5.41) is 2.83. The van der Waals surface area contributed by atoms with Crippen molar-refractivity contribution in [2.75, 3.05) is 5.32 Å². The number of amides is 1. The van der Waals surface area contributed by atoms with Crippen molar-refractivity contribution in [1.82, 2.24) is 18.7 Å². The number of aromatic nitrogens is 4. The molecule has 1 N–H and O–H groups in total. The van der Waals surface area contributed by atoms with Gasteiger partial charge in [0.05, 0.1) is 6.33 Å². The average molecular weight is 341 g/mol. The first-order chi connectivity index (χ1) is 11.8. The molecule has 25 heavy (non-hydrogen) atoms. The Labute approximate surface area is 143 Å². The summed E-state index contributed by atoms with van der Waals surface area (Å²) in [7, 11) is 2.94. The Balaban J connectivity index is 2.03. The highest BCUT2D eigenvalue weighted by Crippen LogP contribution is 2.16. The Morgan fingerprint density at radius 1 is 1.20 bits per heavy atom. The predicted octanol–water partition coefficient (Wildman–Crippen LogP) is 0.942. The first kappa shape index (κ1) is 16.7. The summed E-state index contributed by atoms with van der Waals surface area (Å²) in [6.07, 6.45) is 1.41. The summed E-state index contributed by atoms with van der Waals surface area (Å²) in [4.78, 5) is 41.2. The van der Waals surface area contributed by atoms with E-state index in [-0.39, 0.29) is 17.1 Å². The summed E-state index contributed by atoms with van der Waals surface area (Å²) in [5.41, 5.74) is 1.24. The number of hydrogen-bond donors (Lipinski definition) is 1. The molecular formula is C17H19N5O3. The maximum absolute atomic E-state index is 12.6. The number of rotatable bonds is 3. The van der Waals surface area contributed by atoms with Gasteiger partial charge in [0.25, 0.3) is 5.56 Å². The fraction of sp³-hybridized carbons (Fsp3) is 0.294. The molecule has 1 aromatic carbocycles. The van der Waals surface area contributed by atoms with E-state index in [9.17, 15) is 14.4 Å². The second-order valence-corrected chi connectivity index (χ2v) is 6.06. The molecule has 0 aliphatic rings. The molecule has 2 aromatic heterocycles. The molecule has 3 aromatic rings. The van der Waals surface area contributed by atoms with Crippen LogP contribution in [0.15, 0.2) is 40.2 Å². The molecule has 0 radical (unpaired) electrons. The number of hydrogen-bond acceptors (Lipinski definition) is 4. The van der Waals surface area contributed by atoms with Crippen LogP contribution in [0, 0.1) is 6.92 Å². The van der Waals surface area contributed by atoms with E-state index in [1.807, 2.05) is 25.1 Å². The molecule has 0 saturated heterocycles. The van der Waals surface area contributed by atoms with Crippen molar-refractivity contribution < 1.29 is 4.79 Å². The van der Waals surface area contributed by atoms with E-state index in [4.69, 9.17) is 0 Å². The molecule has 0 spiro atoms. The predicted molar refractivity (Wildman–Crippen MR) is 94.7 cm³/mol. The standard InChI is InChI=1S/C17H19N5O3/c1-10-6-5-7-12(8-10)19-15(23)11(2)22-9-18-14-13(22)16(24)21(4)17(25)20(14)3/h5-9,11H,1-4H3,(H,19,23)/t11-/m1/s1. The van der Waals surface area contributed by atoms with Crippen molar-refractivity contribution in [2.45, 2.75) is 19.9 Å². The third kappa shape index (κ3) is 2.75. The van der Waals surface area contributed by atoms with Gasteiger partial charge in [-0.3, -0.25) is 18.7 Å². The number of benzene rings is 1. The zero-order valence-electron chi connectivity index (χ0n) is 14.5. The third-order valence-corrected chi connectivity index (χ3v) is 4.26. The molecular weight excluding hydrogens is 322 g/mol. The third-order valence-electron chi connectivity index (χ3n) is 4.26. The fourth-order valence-corrected chi connectivity index (χ4v) is 2.75. The molecule has 0 saturated carbocycles. The van der Waals surface area contributed by atoms with Crippen molar-refractivity contribution in [1.29, 1.82) is 0 Å². The van der Waals surface area contributed by atoms with Crippen LogP contribution in [0.3, 0.4) is 0 Å². The highest BCUT2D eigenvalue weighted by molar-refractivity contribution is 5.94. The maximum atomic E-state index is 12.6. The van der Waals surface area contributed by atoms with Gasteiger partial charge in [0.15, 0.2) is 11.2 Å². The largest absolute Gasteiger partial charge is 0.332 e. The molecule has 0 bridgehead atoms. The Morgan fingerprint density at radius 2 is 1.92 bits per heavy atom. The van der Waals surface area contributed by atoms with Gasteiger partial charge in [-0.25, -0.2) is 9.78 Å². The van der Waals surface area contributed by atoms with E-state index in [0.29, 0.717) is 5.69 Å².